The summed E-state index contributed by atoms with van der Waals surface area (Å²) in [5, 5.41) is 19.4. The fourth-order valence-corrected chi connectivity index (χ4v) is 5.92. The fourth-order valence-electron chi connectivity index (χ4n) is 5.92. The Hall–Kier alpha value is -1.85. The first-order chi connectivity index (χ1) is 11.4. The van der Waals surface area contributed by atoms with Crippen molar-refractivity contribution in [3.05, 3.63) is 17.0 Å². The molecule has 0 radical (unpaired) electrons. The largest absolute Gasteiger partial charge is 0.479 e. The molecule has 6 heteroatoms. The Morgan fingerprint density at radius 1 is 1.17 bits per heavy atom. The predicted octanol–water partition coefficient (Wildman–Crippen LogP) is 2.48. The van der Waals surface area contributed by atoms with E-state index in [9.17, 15) is 14.7 Å². The number of aromatic amines is 1. The Bertz CT molecular complexity index is 639. The van der Waals surface area contributed by atoms with Crippen LogP contribution >= 0.6 is 0 Å². The van der Waals surface area contributed by atoms with Gasteiger partial charge in [0, 0.05) is 16.7 Å². The zero-order chi connectivity index (χ0) is 17.1. The van der Waals surface area contributed by atoms with Gasteiger partial charge in [0.1, 0.15) is 0 Å². The summed E-state index contributed by atoms with van der Waals surface area (Å²) in [7, 11) is 0. The van der Waals surface area contributed by atoms with E-state index >= 15 is 0 Å². The van der Waals surface area contributed by atoms with Crippen molar-refractivity contribution in [3.63, 3.8) is 0 Å². The van der Waals surface area contributed by atoms with Gasteiger partial charge in [0.15, 0.2) is 6.04 Å². The monoisotopic (exact) mass is 331 g/mol. The van der Waals surface area contributed by atoms with Crippen molar-refractivity contribution in [3.8, 4) is 0 Å². The molecule has 24 heavy (non-hydrogen) atoms. The third-order valence-electron chi connectivity index (χ3n) is 6.52. The maximum atomic E-state index is 13.1. The van der Waals surface area contributed by atoms with Crippen LogP contribution in [0, 0.1) is 37.0 Å². The van der Waals surface area contributed by atoms with E-state index in [4.69, 9.17) is 0 Å². The van der Waals surface area contributed by atoms with Gasteiger partial charge < -0.3 is 10.4 Å². The molecule has 4 aliphatic carbocycles. The van der Waals surface area contributed by atoms with Gasteiger partial charge in [-0.1, -0.05) is 0 Å². The molecule has 4 aliphatic rings. The third-order valence-corrected chi connectivity index (χ3v) is 6.52. The number of rotatable bonds is 4. The van der Waals surface area contributed by atoms with Crippen molar-refractivity contribution in [1.82, 2.24) is 15.5 Å². The predicted molar refractivity (Wildman–Crippen MR) is 87.2 cm³/mol. The van der Waals surface area contributed by atoms with Gasteiger partial charge >= 0.3 is 5.97 Å². The average Bonchev–Trinajstić information content (AvgIpc) is 2.82. The molecule has 0 saturated heterocycles. The number of hydrogen-bond acceptors (Lipinski definition) is 3. The first-order valence-corrected chi connectivity index (χ1v) is 8.93. The van der Waals surface area contributed by atoms with Gasteiger partial charge in [0.2, 0.25) is 5.91 Å². The molecule has 4 fully saturated rings. The molecule has 0 aromatic carbocycles. The fraction of sp³-hybridized carbons (Fsp3) is 0.722. The Labute approximate surface area is 141 Å². The second-order valence-corrected chi connectivity index (χ2v) is 8.29. The number of aryl methyl sites for hydroxylation is 2. The molecule has 6 nitrogen and oxygen atoms in total. The summed E-state index contributed by atoms with van der Waals surface area (Å²) >= 11 is 0. The van der Waals surface area contributed by atoms with E-state index < -0.39 is 12.0 Å². The number of nitrogens with zero attached hydrogens (tertiary/aromatic N) is 1. The van der Waals surface area contributed by atoms with Crippen LogP contribution in [0.4, 0.5) is 0 Å². The summed E-state index contributed by atoms with van der Waals surface area (Å²) in [4.78, 5) is 24.9. The number of carbonyl (C=O) groups is 2. The van der Waals surface area contributed by atoms with Crippen LogP contribution < -0.4 is 5.32 Å². The van der Waals surface area contributed by atoms with Crippen LogP contribution in [0.3, 0.4) is 0 Å². The maximum Gasteiger partial charge on any atom is 0.331 e. The van der Waals surface area contributed by atoms with Crippen LogP contribution in [0.15, 0.2) is 0 Å². The molecular weight excluding hydrogens is 306 g/mol. The quantitative estimate of drug-likeness (QED) is 0.790. The van der Waals surface area contributed by atoms with Gasteiger partial charge in [-0.25, -0.2) is 4.79 Å². The first kappa shape index (κ1) is 15.7. The number of carboxylic acid groups (broad SMARTS) is 1. The number of aliphatic carboxylic acids is 1. The molecule has 0 aliphatic heterocycles. The summed E-state index contributed by atoms with van der Waals surface area (Å²) in [6.45, 7) is 3.56. The first-order valence-electron chi connectivity index (χ1n) is 8.93. The number of H-pyrrole nitrogens is 1. The van der Waals surface area contributed by atoms with Crippen LogP contribution in [-0.4, -0.2) is 27.2 Å². The van der Waals surface area contributed by atoms with E-state index in [1.165, 1.54) is 19.3 Å². The standard InChI is InChI=1S/C18H25N3O3/c1-9-14(10(2)21-20-9)15(16(22)23)19-17(24)18-6-11-3-12(7-18)5-13(4-11)8-18/h11-13,15H,3-8H2,1-2H3,(H,19,24)(H,20,21)(H,22,23)/t11?,12?,13?,15-,18?/m1/s1. The van der Waals surface area contributed by atoms with E-state index in [1.54, 1.807) is 13.8 Å². The SMILES string of the molecule is Cc1n[nH]c(C)c1[C@@H](NC(=O)C12CC3CC(CC(C3)C1)C2)C(=O)O. The highest BCUT2D eigenvalue weighted by atomic mass is 16.4. The van der Waals surface area contributed by atoms with Gasteiger partial charge in [0.25, 0.3) is 0 Å². The molecule has 4 bridgehead atoms. The number of carboxylic acids is 1. The molecule has 0 spiro atoms. The molecule has 1 aromatic rings. The summed E-state index contributed by atoms with van der Waals surface area (Å²) in [5.41, 5.74) is 1.57. The van der Waals surface area contributed by atoms with Crippen LogP contribution in [0.2, 0.25) is 0 Å². The lowest BCUT2D eigenvalue weighted by Crippen LogP contribution is -2.54. The van der Waals surface area contributed by atoms with Crippen molar-refractivity contribution in [1.29, 1.82) is 0 Å². The maximum absolute atomic E-state index is 13.1. The average molecular weight is 331 g/mol. The molecule has 1 heterocycles. The number of amides is 1. The zero-order valence-corrected chi connectivity index (χ0v) is 14.3. The number of aromatic nitrogens is 2. The Kier molecular flexibility index (Phi) is 3.48. The Balaban J connectivity index is 1.59. The van der Waals surface area contributed by atoms with Gasteiger partial charge in [-0.2, -0.15) is 5.10 Å². The minimum Gasteiger partial charge on any atom is -0.479 e. The van der Waals surface area contributed by atoms with Crippen molar-refractivity contribution in [2.24, 2.45) is 23.2 Å². The van der Waals surface area contributed by atoms with E-state index in [-0.39, 0.29) is 11.3 Å². The van der Waals surface area contributed by atoms with Crippen molar-refractivity contribution >= 4 is 11.9 Å². The zero-order valence-electron chi connectivity index (χ0n) is 14.3. The molecule has 130 valence electrons. The molecule has 1 aromatic heterocycles. The number of carbonyl (C=O) groups excluding carboxylic acids is 1. The van der Waals surface area contributed by atoms with Gasteiger partial charge in [0.05, 0.1) is 5.69 Å². The van der Waals surface area contributed by atoms with Crippen LogP contribution in [-0.2, 0) is 9.59 Å². The Morgan fingerprint density at radius 2 is 1.71 bits per heavy atom. The van der Waals surface area contributed by atoms with Crippen LogP contribution in [0.1, 0.15) is 61.5 Å². The summed E-state index contributed by atoms with van der Waals surface area (Å²) in [6.07, 6.45) is 6.57. The normalized spacial score (nSPS) is 35.0. The molecule has 5 rings (SSSR count). The summed E-state index contributed by atoms with van der Waals surface area (Å²) in [5.74, 6) is 0.878. The van der Waals surface area contributed by atoms with Crippen molar-refractivity contribution < 1.29 is 14.7 Å². The van der Waals surface area contributed by atoms with E-state index in [0.717, 1.165) is 19.3 Å². The van der Waals surface area contributed by atoms with E-state index in [1.807, 2.05) is 0 Å². The lowest BCUT2D eigenvalue weighted by Gasteiger charge is -2.55. The Morgan fingerprint density at radius 3 is 2.12 bits per heavy atom. The second-order valence-electron chi connectivity index (χ2n) is 8.29. The highest BCUT2D eigenvalue weighted by Crippen LogP contribution is 2.60. The minimum absolute atomic E-state index is 0.0611. The summed E-state index contributed by atoms with van der Waals surface area (Å²) < 4.78 is 0. The summed E-state index contributed by atoms with van der Waals surface area (Å²) in [6, 6.07) is -1.02. The molecule has 3 N–H and O–H groups in total. The van der Waals surface area contributed by atoms with Gasteiger partial charge in [-0.15, -0.1) is 0 Å². The lowest BCUT2D eigenvalue weighted by atomic mass is 9.49. The highest BCUT2D eigenvalue weighted by molar-refractivity contribution is 5.88. The van der Waals surface area contributed by atoms with Crippen LogP contribution in [0.25, 0.3) is 0 Å². The van der Waals surface area contributed by atoms with E-state index in [0.29, 0.717) is 34.7 Å². The van der Waals surface area contributed by atoms with Crippen molar-refractivity contribution in [2.75, 3.05) is 0 Å². The minimum atomic E-state index is -1.03. The number of hydrogen-bond donors (Lipinski definition) is 3. The topological polar surface area (TPSA) is 95.1 Å². The third kappa shape index (κ3) is 2.34. The van der Waals surface area contributed by atoms with Crippen molar-refractivity contribution in [2.45, 2.75) is 58.4 Å². The van der Waals surface area contributed by atoms with Gasteiger partial charge in [-0.3, -0.25) is 9.89 Å². The van der Waals surface area contributed by atoms with Crippen LogP contribution in [0.5, 0.6) is 0 Å². The van der Waals surface area contributed by atoms with Gasteiger partial charge in [-0.05, 0) is 70.1 Å². The smallest absolute Gasteiger partial charge is 0.331 e. The molecular formula is C18H25N3O3. The molecule has 0 unspecified atom stereocenters. The molecule has 1 amide bonds. The van der Waals surface area contributed by atoms with E-state index in [2.05, 4.69) is 15.5 Å². The number of nitrogens with one attached hydrogen (secondary N) is 2. The molecule has 1 atom stereocenters. The second kappa shape index (κ2) is 5.33. The highest BCUT2D eigenvalue weighted by Gasteiger charge is 2.55. The molecule has 4 saturated carbocycles. The lowest BCUT2D eigenvalue weighted by molar-refractivity contribution is -0.151.